The Morgan fingerprint density at radius 3 is 3.00 bits per heavy atom. The van der Waals surface area contributed by atoms with E-state index in [-0.39, 0.29) is 5.82 Å². The highest BCUT2D eigenvalue weighted by atomic mass is 19.1. The molecule has 0 fully saturated rings. The normalized spacial score (nSPS) is 10.6. The zero-order chi connectivity index (χ0) is 9.68. The van der Waals surface area contributed by atoms with Crippen molar-refractivity contribution in [2.45, 2.75) is 6.92 Å². The highest BCUT2D eigenvalue weighted by molar-refractivity contribution is 5.83. The molecule has 0 radical (unpaired) electrons. The van der Waals surface area contributed by atoms with Gasteiger partial charge in [-0.1, -0.05) is 0 Å². The van der Waals surface area contributed by atoms with E-state index in [0.717, 1.165) is 0 Å². The summed E-state index contributed by atoms with van der Waals surface area (Å²) >= 11 is 0. The molecule has 0 heterocycles. The predicted octanol–water partition coefficient (Wildman–Crippen LogP) is 1.52. The number of nitrogens with two attached hydrogens (primary N) is 1. The Labute approximate surface area is 76.0 Å². The van der Waals surface area contributed by atoms with Crippen molar-refractivity contribution in [3.63, 3.8) is 0 Å². The number of benzene rings is 1. The minimum Gasteiger partial charge on any atom is -0.493 e. The van der Waals surface area contributed by atoms with Crippen LogP contribution in [0.3, 0.4) is 0 Å². The van der Waals surface area contributed by atoms with Crippen LogP contribution in [-0.4, -0.2) is 12.8 Å². The summed E-state index contributed by atoms with van der Waals surface area (Å²) in [6, 6.07) is 4.21. The molecule has 4 heteroatoms. The Morgan fingerprint density at radius 2 is 2.38 bits per heavy atom. The van der Waals surface area contributed by atoms with Gasteiger partial charge in [-0.3, -0.25) is 0 Å². The summed E-state index contributed by atoms with van der Waals surface area (Å²) in [6.45, 7) is 2.31. The fourth-order valence-corrected chi connectivity index (χ4v) is 0.976. The van der Waals surface area contributed by atoms with Gasteiger partial charge < -0.3 is 10.6 Å². The van der Waals surface area contributed by atoms with Gasteiger partial charge in [0.1, 0.15) is 11.6 Å². The summed E-state index contributed by atoms with van der Waals surface area (Å²) in [7, 11) is 0. The first-order valence-corrected chi connectivity index (χ1v) is 3.93. The van der Waals surface area contributed by atoms with Crippen LogP contribution in [0.2, 0.25) is 0 Å². The highest BCUT2D eigenvalue weighted by Crippen LogP contribution is 2.17. The van der Waals surface area contributed by atoms with Crippen LogP contribution in [0.15, 0.2) is 23.3 Å². The monoisotopic (exact) mass is 182 g/mol. The summed E-state index contributed by atoms with van der Waals surface area (Å²) in [6.07, 6.45) is 1.42. The molecule has 0 amide bonds. The first-order chi connectivity index (χ1) is 6.27. The molecule has 0 unspecified atom stereocenters. The quantitative estimate of drug-likeness (QED) is 0.437. The van der Waals surface area contributed by atoms with E-state index >= 15 is 0 Å². The summed E-state index contributed by atoms with van der Waals surface area (Å²) in [5.41, 5.74) is 0.672. The molecule has 13 heavy (non-hydrogen) atoms. The molecule has 70 valence electrons. The van der Waals surface area contributed by atoms with Gasteiger partial charge in [0.15, 0.2) is 0 Å². The summed E-state index contributed by atoms with van der Waals surface area (Å²) < 4.78 is 17.9. The van der Waals surface area contributed by atoms with Crippen molar-refractivity contribution in [1.29, 1.82) is 0 Å². The van der Waals surface area contributed by atoms with E-state index in [9.17, 15) is 4.39 Å². The first-order valence-electron chi connectivity index (χ1n) is 3.93. The van der Waals surface area contributed by atoms with Gasteiger partial charge in [-0.2, -0.15) is 5.10 Å². The Kier molecular flexibility index (Phi) is 3.25. The maximum Gasteiger partial charge on any atom is 0.131 e. The standard InChI is InChI=1S/C9H11FN2O/c1-2-13-9-5-8(10)4-3-7(9)6-12-11/h3-6H,2,11H2,1H3. The van der Waals surface area contributed by atoms with Gasteiger partial charge in [0.25, 0.3) is 0 Å². The molecule has 0 saturated heterocycles. The number of hydrogen-bond donors (Lipinski definition) is 1. The number of hydrogen-bond acceptors (Lipinski definition) is 3. The summed E-state index contributed by atoms with van der Waals surface area (Å²) in [5.74, 6) is 5.10. The second kappa shape index (κ2) is 4.45. The second-order valence-electron chi connectivity index (χ2n) is 2.39. The third-order valence-electron chi connectivity index (χ3n) is 1.49. The van der Waals surface area contributed by atoms with E-state index < -0.39 is 0 Å². The third kappa shape index (κ3) is 2.43. The molecular formula is C9H11FN2O. The van der Waals surface area contributed by atoms with Crippen molar-refractivity contribution in [2.75, 3.05) is 6.61 Å². The Bertz CT molecular complexity index is 312. The lowest BCUT2D eigenvalue weighted by molar-refractivity contribution is 0.338. The fourth-order valence-electron chi connectivity index (χ4n) is 0.976. The van der Waals surface area contributed by atoms with E-state index in [2.05, 4.69) is 5.10 Å². The lowest BCUT2D eigenvalue weighted by Gasteiger charge is -2.05. The van der Waals surface area contributed by atoms with Gasteiger partial charge in [-0.05, 0) is 19.1 Å². The molecule has 0 atom stereocenters. The zero-order valence-electron chi connectivity index (χ0n) is 7.33. The van der Waals surface area contributed by atoms with Gasteiger partial charge in [-0.15, -0.1) is 0 Å². The van der Waals surface area contributed by atoms with Crippen molar-refractivity contribution < 1.29 is 9.13 Å². The van der Waals surface area contributed by atoms with Crippen molar-refractivity contribution in [2.24, 2.45) is 10.9 Å². The van der Waals surface area contributed by atoms with Crippen LogP contribution < -0.4 is 10.6 Å². The van der Waals surface area contributed by atoms with Crippen LogP contribution >= 0.6 is 0 Å². The molecule has 0 saturated carbocycles. The third-order valence-corrected chi connectivity index (χ3v) is 1.49. The molecule has 0 aliphatic carbocycles. The van der Waals surface area contributed by atoms with E-state index in [1.165, 1.54) is 18.3 Å². The van der Waals surface area contributed by atoms with Gasteiger partial charge >= 0.3 is 0 Å². The van der Waals surface area contributed by atoms with Gasteiger partial charge in [0.05, 0.1) is 12.8 Å². The number of hydrazone groups is 1. The molecule has 0 bridgehead atoms. The van der Waals surface area contributed by atoms with Gasteiger partial charge in [0.2, 0.25) is 0 Å². The van der Waals surface area contributed by atoms with Crippen molar-refractivity contribution in [1.82, 2.24) is 0 Å². The fraction of sp³-hybridized carbons (Fsp3) is 0.222. The van der Waals surface area contributed by atoms with Gasteiger partial charge in [0, 0.05) is 11.6 Å². The Balaban J connectivity index is 3.02. The average molecular weight is 182 g/mol. The van der Waals surface area contributed by atoms with Crippen molar-refractivity contribution in [3.05, 3.63) is 29.6 Å². The minimum atomic E-state index is -0.336. The van der Waals surface area contributed by atoms with Crippen LogP contribution in [0.25, 0.3) is 0 Å². The van der Waals surface area contributed by atoms with E-state index in [1.807, 2.05) is 6.92 Å². The van der Waals surface area contributed by atoms with Crippen LogP contribution in [0, 0.1) is 5.82 Å². The Morgan fingerprint density at radius 1 is 1.62 bits per heavy atom. The minimum absolute atomic E-state index is 0.336. The molecule has 0 spiro atoms. The Hall–Kier alpha value is -1.58. The molecule has 1 aromatic carbocycles. The smallest absolute Gasteiger partial charge is 0.131 e. The SMILES string of the molecule is CCOc1cc(F)ccc1C=NN. The van der Waals surface area contributed by atoms with Gasteiger partial charge in [-0.25, -0.2) is 4.39 Å². The summed E-state index contributed by atoms with van der Waals surface area (Å²) in [4.78, 5) is 0. The molecule has 0 aromatic heterocycles. The zero-order valence-corrected chi connectivity index (χ0v) is 7.33. The van der Waals surface area contributed by atoms with E-state index in [1.54, 1.807) is 6.07 Å². The maximum absolute atomic E-state index is 12.8. The second-order valence-corrected chi connectivity index (χ2v) is 2.39. The van der Waals surface area contributed by atoms with Crippen molar-refractivity contribution in [3.8, 4) is 5.75 Å². The molecule has 3 nitrogen and oxygen atoms in total. The van der Waals surface area contributed by atoms with Crippen LogP contribution in [0.1, 0.15) is 12.5 Å². The molecule has 1 rings (SSSR count). The van der Waals surface area contributed by atoms with Crippen molar-refractivity contribution >= 4 is 6.21 Å². The molecule has 2 N–H and O–H groups in total. The number of ether oxygens (including phenoxy) is 1. The first kappa shape index (κ1) is 9.51. The lowest BCUT2D eigenvalue weighted by Crippen LogP contribution is -1.97. The predicted molar refractivity (Wildman–Crippen MR) is 49.4 cm³/mol. The molecule has 0 aliphatic rings. The average Bonchev–Trinajstić information content (AvgIpc) is 2.10. The number of halogens is 1. The molecule has 0 aliphatic heterocycles. The van der Waals surface area contributed by atoms with E-state index in [0.29, 0.717) is 17.9 Å². The number of rotatable bonds is 3. The number of nitrogens with zero attached hydrogens (tertiary/aromatic N) is 1. The topological polar surface area (TPSA) is 47.6 Å². The van der Waals surface area contributed by atoms with Crippen LogP contribution in [-0.2, 0) is 0 Å². The van der Waals surface area contributed by atoms with Crippen LogP contribution in [0.4, 0.5) is 4.39 Å². The van der Waals surface area contributed by atoms with Crippen LogP contribution in [0.5, 0.6) is 5.75 Å². The maximum atomic E-state index is 12.8. The highest BCUT2D eigenvalue weighted by Gasteiger charge is 2.02. The molecule has 1 aromatic rings. The van der Waals surface area contributed by atoms with E-state index in [4.69, 9.17) is 10.6 Å². The molecular weight excluding hydrogens is 171 g/mol. The lowest BCUT2D eigenvalue weighted by atomic mass is 10.2. The largest absolute Gasteiger partial charge is 0.493 e. The summed E-state index contributed by atoms with van der Waals surface area (Å²) in [5, 5.41) is 3.35.